The van der Waals surface area contributed by atoms with Crippen LogP contribution in [0.25, 0.3) is 31.4 Å². The molecule has 2 heterocycles. The number of benzene rings is 2. The van der Waals surface area contributed by atoms with Gasteiger partial charge in [-0.05, 0) is 18.2 Å². The van der Waals surface area contributed by atoms with E-state index in [4.69, 9.17) is 0 Å². The maximum Gasteiger partial charge on any atom is 0.188 e. The normalized spacial score (nSPS) is 11.2. The van der Waals surface area contributed by atoms with Crippen LogP contribution < -0.4 is 5.43 Å². The maximum atomic E-state index is 12.2. The van der Waals surface area contributed by atoms with E-state index in [-0.39, 0.29) is 5.43 Å². The van der Waals surface area contributed by atoms with Crippen molar-refractivity contribution in [2.45, 2.75) is 0 Å². The molecule has 0 fully saturated rings. The second kappa shape index (κ2) is 4.32. The first-order valence-corrected chi connectivity index (χ1v) is 7.24. The first kappa shape index (κ1) is 11.4. The molecule has 0 spiro atoms. The minimum absolute atomic E-state index is 0.0830. The second-order valence-electron chi connectivity index (χ2n) is 4.72. The van der Waals surface area contributed by atoms with Gasteiger partial charge in [0.1, 0.15) is 0 Å². The highest BCUT2D eigenvalue weighted by molar-refractivity contribution is 7.21. The Morgan fingerprint density at radius 1 is 0.900 bits per heavy atom. The molecule has 2 nitrogen and oxygen atoms in total. The minimum atomic E-state index is 0.0830. The fourth-order valence-corrected chi connectivity index (χ4v) is 3.62. The van der Waals surface area contributed by atoms with E-state index in [2.05, 4.69) is 11.1 Å². The molecule has 0 aliphatic carbocycles. The van der Waals surface area contributed by atoms with Crippen molar-refractivity contribution in [2.24, 2.45) is 0 Å². The number of para-hydroxylation sites is 1. The topological polar surface area (TPSA) is 32.9 Å². The van der Waals surface area contributed by atoms with Gasteiger partial charge in [0.15, 0.2) is 5.43 Å². The number of fused-ring (bicyclic) bond motifs is 2. The Morgan fingerprint density at radius 3 is 2.55 bits per heavy atom. The van der Waals surface area contributed by atoms with E-state index < -0.39 is 0 Å². The summed E-state index contributed by atoms with van der Waals surface area (Å²) in [5.74, 6) is 0. The molecule has 96 valence electrons. The van der Waals surface area contributed by atoms with Crippen molar-refractivity contribution < 1.29 is 0 Å². The first-order chi connectivity index (χ1) is 9.83. The molecular formula is C17H11NOS. The Bertz CT molecular complexity index is 981. The van der Waals surface area contributed by atoms with Crippen LogP contribution in [0.3, 0.4) is 0 Å². The predicted molar refractivity (Wildman–Crippen MR) is 85.4 cm³/mol. The molecule has 0 saturated heterocycles. The van der Waals surface area contributed by atoms with E-state index in [1.165, 1.54) is 0 Å². The van der Waals surface area contributed by atoms with Crippen molar-refractivity contribution in [3.05, 3.63) is 71.0 Å². The zero-order valence-electron chi connectivity index (χ0n) is 10.6. The third-order valence-electron chi connectivity index (χ3n) is 3.49. The van der Waals surface area contributed by atoms with E-state index in [0.717, 1.165) is 31.4 Å². The van der Waals surface area contributed by atoms with Gasteiger partial charge in [0, 0.05) is 43.7 Å². The first-order valence-electron chi connectivity index (χ1n) is 6.42. The molecule has 4 rings (SSSR count). The average Bonchev–Trinajstić information content (AvgIpc) is 2.91. The smallest absolute Gasteiger partial charge is 0.188 e. The second-order valence-corrected chi connectivity index (χ2v) is 5.80. The van der Waals surface area contributed by atoms with Gasteiger partial charge in [-0.15, -0.1) is 11.3 Å². The van der Waals surface area contributed by atoms with Gasteiger partial charge in [0.05, 0.1) is 0 Å². The minimum Gasteiger partial charge on any atom is -0.361 e. The number of H-pyrrole nitrogens is 1. The van der Waals surface area contributed by atoms with E-state index in [0.29, 0.717) is 0 Å². The van der Waals surface area contributed by atoms with Gasteiger partial charge in [-0.1, -0.05) is 30.3 Å². The van der Waals surface area contributed by atoms with Crippen molar-refractivity contribution in [3.63, 3.8) is 0 Å². The Hall–Kier alpha value is -2.39. The number of hydrogen-bond acceptors (Lipinski definition) is 2. The van der Waals surface area contributed by atoms with Crippen LogP contribution in [0.1, 0.15) is 0 Å². The van der Waals surface area contributed by atoms with Crippen molar-refractivity contribution in [3.8, 4) is 10.4 Å². The van der Waals surface area contributed by atoms with Crippen LogP contribution in [0.5, 0.6) is 0 Å². The average molecular weight is 277 g/mol. The maximum absolute atomic E-state index is 12.2. The molecule has 0 bridgehead atoms. The third kappa shape index (κ3) is 1.67. The predicted octanol–water partition coefficient (Wildman–Crippen LogP) is 4.41. The molecule has 1 N–H and O–H groups in total. The van der Waals surface area contributed by atoms with Crippen LogP contribution in [0.2, 0.25) is 0 Å². The molecule has 0 amide bonds. The summed E-state index contributed by atoms with van der Waals surface area (Å²) < 4.78 is 1.03. The molecule has 0 radical (unpaired) electrons. The van der Waals surface area contributed by atoms with Crippen LogP contribution in [0.4, 0.5) is 0 Å². The summed E-state index contributed by atoms with van der Waals surface area (Å²) in [6.45, 7) is 0. The molecular weight excluding hydrogens is 266 g/mol. The van der Waals surface area contributed by atoms with E-state index in [1.54, 1.807) is 17.4 Å². The lowest BCUT2D eigenvalue weighted by Gasteiger charge is -2.01. The molecule has 2 aromatic heterocycles. The van der Waals surface area contributed by atoms with Crippen LogP contribution in [0.15, 0.2) is 65.6 Å². The van der Waals surface area contributed by atoms with Crippen molar-refractivity contribution >= 4 is 32.3 Å². The molecule has 3 heteroatoms. The third-order valence-corrected chi connectivity index (χ3v) is 4.62. The van der Waals surface area contributed by atoms with Crippen molar-refractivity contribution in [1.29, 1.82) is 0 Å². The number of rotatable bonds is 1. The van der Waals surface area contributed by atoms with Gasteiger partial charge in [0.25, 0.3) is 0 Å². The Morgan fingerprint density at radius 2 is 1.65 bits per heavy atom. The monoisotopic (exact) mass is 277 g/mol. The molecule has 0 atom stereocenters. The van der Waals surface area contributed by atoms with Gasteiger partial charge in [-0.2, -0.15) is 0 Å². The molecule has 2 aromatic carbocycles. The zero-order chi connectivity index (χ0) is 13.5. The van der Waals surface area contributed by atoms with Crippen LogP contribution in [-0.4, -0.2) is 4.98 Å². The molecule has 0 saturated carbocycles. The summed E-state index contributed by atoms with van der Waals surface area (Å²) in [5.41, 5.74) is 2.27. The van der Waals surface area contributed by atoms with Crippen LogP contribution in [-0.2, 0) is 0 Å². The summed E-state index contributed by atoms with van der Waals surface area (Å²) in [6.07, 6.45) is 1.98. The Labute approximate surface area is 119 Å². The highest BCUT2D eigenvalue weighted by atomic mass is 32.1. The zero-order valence-corrected chi connectivity index (χ0v) is 11.4. The SMILES string of the molecule is O=c1cc(-c2c[nH]c3ccccc23)sc2ccccc12. The summed E-state index contributed by atoms with van der Waals surface area (Å²) in [7, 11) is 0. The van der Waals surface area contributed by atoms with Crippen molar-refractivity contribution in [2.75, 3.05) is 0 Å². The standard InChI is InChI=1S/C17H11NOS/c19-15-9-17(20-16-8-4-2-6-12(15)16)13-10-18-14-7-3-1-5-11(13)14/h1-10,18H. The molecule has 4 aromatic rings. The molecule has 0 unspecified atom stereocenters. The number of hydrogen-bond donors (Lipinski definition) is 1. The number of nitrogens with one attached hydrogen (secondary N) is 1. The highest BCUT2D eigenvalue weighted by Gasteiger charge is 2.09. The summed E-state index contributed by atoms with van der Waals surface area (Å²) in [4.78, 5) is 16.5. The van der Waals surface area contributed by atoms with Gasteiger partial charge >= 0.3 is 0 Å². The Balaban J connectivity index is 2.05. The van der Waals surface area contributed by atoms with E-state index in [1.807, 2.05) is 48.7 Å². The quantitative estimate of drug-likeness (QED) is 0.549. The molecule has 0 aliphatic rings. The van der Waals surface area contributed by atoms with Gasteiger partial charge < -0.3 is 4.98 Å². The number of aromatic nitrogens is 1. The fourth-order valence-electron chi connectivity index (χ4n) is 2.51. The van der Waals surface area contributed by atoms with E-state index >= 15 is 0 Å². The lowest BCUT2D eigenvalue weighted by atomic mass is 10.1. The largest absolute Gasteiger partial charge is 0.361 e. The van der Waals surface area contributed by atoms with Crippen LogP contribution in [0, 0.1) is 0 Å². The lowest BCUT2D eigenvalue weighted by molar-refractivity contribution is 1.48. The van der Waals surface area contributed by atoms with Gasteiger partial charge in [-0.3, -0.25) is 4.79 Å². The van der Waals surface area contributed by atoms with Crippen molar-refractivity contribution in [1.82, 2.24) is 4.98 Å². The van der Waals surface area contributed by atoms with Gasteiger partial charge in [0.2, 0.25) is 0 Å². The Kier molecular flexibility index (Phi) is 2.47. The highest BCUT2D eigenvalue weighted by Crippen LogP contribution is 2.33. The van der Waals surface area contributed by atoms with Gasteiger partial charge in [-0.25, -0.2) is 0 Å². The summed E-state index contributed by atoms with van der Waals surface area (Å²) >= 11 is 1.65. The number of aromatic amines is 1. The van der Waals surface area contributed by atoms with E-state index in [9.17, 15) is 4.79 Å². The fraction of sp³-hybridized carbons (Fsp3) is 0. The summed E-state index contributed by atoms with van der Waals surface area (Å²) in [5, 5.41) is 1.94. The summed E-state index contributed by atoms with van der Waals surface area (Å²) in [6, 6.07) is 17.6. The lowest BCUT2D eigenvalue weighted by Crippen LogP contribution is -1.98. The van der Waals surface area contributed by atoms with Crippen LogP contribution >= 0.6 is 11.3 Å². The molecule has 20 heavy (non-hydrogen) atoms. The molecule has 0 aliphatic heterocycles.